The van der Waals surface area contributed by atoms with E-state index in [0.717, 1.165) is 36.9 Å². The number of benzene rings is 1. The summed E-state index contributed by atoms with van der Waals surface area (Å²) in [6.45, 7) is 2.94. The van der Waals surface area contributed by atoms with Crippen molar-refractivity contribution in [1.82, 2.24) is 25.3 Å². The van der Waals surface area contributed by atoms with E-state index in [-0.39, 0.29) is 11.8 Å². The van der Waals surface area contributed by atoms with Crippen LogP contribution in [0.3, 0.4) is 0 Å². The minimum atomic E-state index is -0.0215. The van der Waals surface area contributed by atoms with Gasteiger partial charge in [0.25, 0.3) is 11.6 Å². The van der Waals surface area contributed by atoms with Crippen molar-refractivity contribution in [3.63, 3.8) is 0 Å². The summed E-state index contributed by atoms with van der Waals surface area (Å²) in [6.07, 6.45) is 4.36. The first-order valence-corrected chi connectivity index (χ1v) is 11.8. The minimum Gasteiger partial charge on any atom is -0.352 e. The third-order valence-electron chi connectivity index (χ3n) is 6.71. The minimum absolute atomic E-state index is 0.0215. The quantitative estimate of drug-likeness (QED) is 0.627. The van der Waals surface area contributed by atoms with E-state index in [1.54, 1.807) is 0 Å². The van der Waals surface area contributed by atoms with Crippen molar-refractivity contribution in [3.05, 3.63) is 47.7 Å². The van der Waals surface area contributed by atoms with E-state index in [1.807, 2.05) is 41.3 Å². The second-order valence-electron chi connectivity index (χ2n) is 9.36. The highest BCUT2D eigenvalue weighted by Crippen LogP contribution is 2.41. The topological polar surface area (TPSA) is 91.6 Å². The predicted octanol–water partition coefficient (Wildman–Crippen LogP) is 2.80. The molecule has 1 saturated heterocycles. The lowest BCUT2D eigenvalue weighted by atomic mass is 10.0. The van der Waals surface area contributed by atoms with E-state index in [2.05, 4.69) is 15.4 Å². The molecule has 0 bridgehead atoms. The van der Waals surface area contributed by atoms with Crippen LogP contribution in [0.4, 0.5) is 0 Å². The summed E-state index contributed by atoms with van der Waals surface area (Å²) in [4.78, 5) is 34.5. The molecule has 2 aliphatic carbocycles. The first-order valence-electron chi connectivity index (χ1n) is 11.8. The molecule has 1 N–H and O–H groups in total. The molecule has 0 atom stereocenters. The number of hydrogen-bond donors (Lipinski definition) is 1. The molecule has 0 spiro atoms. The second-order valence-corrected chi connectivity index (χ2v) is 9.36. The number of carbonyl (C=O) groups excluding carboxylic acids is 2. The van der Waals surface area contributed by atoms with Gasteiger partial charge in [-0.05, 0) is 31.7 Å². The molecule has 1 aromatic carbocycles. The molecule has 6 rings (SSSR count). The lowest BCUT2D eigenvalue weighted by Crippen LogP contribution is -2.51. The summed E-state index contributed by atoms with van der Waals surface area (Å²) in [5.41, 5.74) is 3.51. The zero-order chi connectivity index (χ0) is 22.4. The average molecular weight is 446 g/mol. The van der Waals surface area contributed by atoms with Gasteiger partial charge in [-0.25, -0.2) is 4.98 Å². The van der Waals surface area contributed by atoms with E-state index < -0.39 is 0 Å². The van der Waals surface area contributed by atoms with Gasteiger partial charge in [0.05, 0.1) is 17.5 Å². The number of rotatable bonds is 6. The molecule has 3 aliphatic rings. The Hall–Kier alpha value is -3.26. The molecule has 2 amide bonds. The van der Waals surface area contributed by atoms with Crippen molar-refractivity contribution < 1.29 is 14.1 Å². The largest absolute Gasteiger partial charge is 0.352 e. The van der Waals surface area contributed by atoms with E-state index >= 15 is 0 Å². The molecule has 33 heavy (non-hydrogen) atoms. The van der Waals surface area contributed by atoms with Crippen LogP contribution in [0, 0.1) is 0 Å². The number of hydrogen-bond acceptors (Lipinski definition) is 6. The van der Waals surface area contributed by atoms with Gasteiger partial charge in [0.15, 0.2) is 0 Å². The average Bonchev–Trinajstić information content (AvgIpc) is 3.78. The Morgan fingerprint density at radius 2 is 1.79 bits per heavy atom. The van der Waals surface area contributed by atoms with Crippen molar-refractivity contribution in [2.45, 2.75) is 37.6 Å². The van der Waals surface area contributed by atoms with Gasteiger partial charge < -0.3 is 14.7 Å². The fraction of sp³-hybridized carbons (Fsp3) is 0.440. The van der Waals surface area contributed by atoms with Crippen molar-refractivity contribution in [3.8, 4) is 11.3 Å². The summed E-state index contributed by atoms with van der Waals surface area (Å²) in [7, 11) is 0. The van der Waals surface area contributed by atoms with E-state index in [4.69, 9.17) is 9.51 Å². The SMILES string of the molecule is O=C(CN1CCN(C(=O)c2cc(C3CC3)nc3onc(-c4ccccc4)c23)CC1)NC1CC1. The summed E-state index contributed by atoms with van der Waals surface area (Å²) in [5, 5.41) is 8.01. The van der Waals surface area contributed by atoms with Crippen molar-refractivity contribution in [1.29, 1.82) is 0 Å². The van der Waals surface area contributed by atoms with Crippen LogP contribution in [0.15, 0.2) is 40.9 Å². The molecular weight excluding hydrogens is 418 g/mol. The van der Waals surface area contributed by atoms with Crippen LogP contribution >= 0.6 is 0 Å². The first-order chi connectivity index (χ1) is 16.2. The Balaban J connectivity index is 1.25. The van der Waals surface area contributed by atoms with Gasteiger partial charge in [0, 0.05) is 49.4 Å². The zero-order valence-corrected chi connectivity index (χ0v) is 18.5. The van der Waals surface area contributed by atoms with Crippen LogP contribution in [-0.2, 0) is 4.79 Å². The number of nitrogens with one attached hydrogen (secondary N) is 1. The number of pyridine rings is 1. The number of carbonyl (C=O) groups is 2. The molecule has 2 aromatic heterocycles. The molecule has 2 saturated carbocycles. The number of fused-ring (bicyclic) bond motifs is 1. The Morgan fingerprint density at radius 3 is 2.48 bits per heavy atom. The summed E-state index contributed by atoms with van der Waals surface area (Å²) >= 11 is 0. The maximum absolute atomic E-state index is 13.7. The van der Waals surface area contributed by atoms with Crippen molar-refractivity contribution >= 4 is 22.9 Å². The van der Waals surface area contributed by atoms with Crippen LogP contribution in [0.2, 0.25) is 0 Å². The number of piperazine rings is 1. The summed E-state index contributed by atoms with van der Waals surface area (Å²) in [5.74, 6) is 0.457. The fourth-order valence-electron chi connectivity index (χ4n) is 4.50. The number of aromatic nitrogens is 2. The monoisotopic (exact) mass is 445 g/mol. The van der Waals surface area contributed by atoms with Crippen molar-refractivity contribution in [2.75, 3.05) is 32.7 Å². The van der Waals surface area contributed by atoms with Crippen LogP contribution < -0.4 is 5.32 Å². The normalized spacial score (nSPS) is 19.1. The van der Waals surface area contributed by atoms with Gasteiger partial charge in [0.1, 0.15) is 5.69 Å². The Labute approximate surface area is 191 Å². The molecule has 3 aromatic rings. The highest BCUT2D eigenvalue weighted by molar-refractivity contribution is 6.09. The summed E-state index contributed by atoms with van der Waals surface area (Å²) in [6, 6.07) is 12.1. The fourth-order valence-corrected chi connectivity index (χ4v) is 4.50. The second kappa shape index (κ2) is 8.26. The Kier molecular flexibility index (Phi) is 5.10. The molecule has 3 heterocycles. The first kappa shape index (κ1) is 20.4. The van der Waals surface area contributed by atoms with Gasteiger partial charge in [-0.1, -0.05) is 35.5 Å². The molecule has 170 valence electrons. The molecule has 3 fully saturated rings. The zero-order valence-electron chi connectivity index (χ0n) is 18.5. The summed E-state index contributed by atoms with van der Waals surface area (Å²) < 4.78 is 5.61. The Morgan fingerprint density at radius 1 is 1.03 bits per heavy atom. The van der Waals surface area contributed by atoms with E-state index in [9.17, 15) is 9.59 Å². The van der Waals surface area contributed by atoms with Gasteiger partial charge in [-0.3, -0.25) is 14.5 Å². The van der Waals surface area contributed by atoms with Crippen LogP contribution in [0.1, 0.15) is 47.7 Å². The van der Waals surface area contributed by atoms with Gasteiger partial charge >= 0.3 is 0 Å². The highest BCUT2D eigenvalue weighted by Gasteiger charge is 2.32. The maximum atomic E-state index is 13.7. The lowest BCUT2D eigenvalue weighted by Gasteiger charge is -2.34. The Bertz CT molecular complexity index is 1190. The molecule has 8 nitrogen and oxygen atoms in total. The van der Waals surface area contributed by atoms with Gasteiger partial charge in [-0.15, -0.1) is 0 Å². The number of amides is 2. The highest BCUT2D eigenvalue weighted by atomic mass is 16.5. The molecular formula is C25H27N5O3. The van der Waals surface area contributed by atoms with Crippen molar-refractivity contribution in [2.24, 2.45) is 0 Å². The third kappa shape index (κ3) is 4.23. The van der Waals surface area contributed by atoms with Crippen LogP contribution in [-0.4, -0.2) is 70.5 Å². The molecule has 0 radical (unpaired) electrons. The van der Waals surface area contributed by atoms with Gasteiger partial charge in [0.2, 0.25) is 5.91 Å². The van der Waals surface area contributed by atoms with Crippen LogP contribution in [0.5, 0.6) is 0 Å². The molecule has 8 heteroatoms. The smallest absolute Gasteiger partial charge is 0.259 e. The third-order valence-corrected chi connectivity index (χ3v) is 6.71. The number of nitrogens with zero attached hydrogens (tertiary/aromatic N) is 4. The molecule has 0 unspecified atom stereocenters. The maximum Gasteiger partial charge on any atom is 0.259 e. The standard InChI is InChI=1S/C25H27N5O3/c31-21(26-18-8-9-18)15-29-10-12-30(13-11-29)25(32)19-14-20(16-6-7-16)27-24-22(19)23(28-33-24)17-4-2-1-3-5-17/h1-5,14,16,18H,6-13,15H2,(H,26,31). The lowest BCUT2D eigenvalue weighted by molar-refractivity contribution is -0.122. The predicted molar refractivity (Wildman–Crippen MR) is 123 cm³/mol. The van der Waals surface area contributed by atoms with Crippen LogP contribution in [0.25, 0.3) is 22.4 Å². The van der Waals surface area contributed by atoms with Gasteiger partial charge in [-0.2, -0.15) is 0 Å². The molecule has 1 aliphatic heterocycles. The van der Waals surface area contributed by atoms with E-state index in [1.165, 1.54) is 0 Å². The van der Waals surface area contributed by atoms with E-state index in [0.29, 0.717) is 67.0 Å².